The van der Waals surface area contributed by atoms with Crippen molar-refractivity contribution < 1.29 is 4.42 Å². The van der Waals surface area contributed by atoms with Gasteiger partial charge >= 0.3 is 0 Å². The lowest BCUT2D eigenvalue weighted by Gasteiger charge is -2.00. The number of rotatable bonds is 4. The summed E-state index contributed by atoms with van der Waals surface area (Å²) in [4.78, 5) is 4.51. The van der Waals surface area contributed by atoms with Gasteiger partial charge in [-0.2, -0.15) is 0 Å². The first-order valence-corrected chi connectivity index (χ1v) is 6.96. The molecule has 3 rings (SSSR count). The Bertz CT molecular complexity index is 561. The van der Waals surface area contributed by atoms with Gasteiger partial charge in [-0.25, -0.2) is 4.98 Å². The molecule has 0 bridgehead atoms. The first-order chi connectivity index (χ1) is 8.72. The molecule has 0 atom stereocenters. The summed E-state index contributed by atoms with van der Waals surface area (Å²) >= 11 is 3.55. The third kappa shape index (κ3) is 2.65. The summed E-state index contributed by atoms with van der Waals surface area (Å²) in [5.74, 6) is 0.675. The van der Waals surface area contributed by atoms with Crippen LogP contribution in [-0.2, 0) is 6.54 Å². The topological polar surface area (TPSA) is 38.1 Å². The number of aromatic nitrogens is 1. The van der Waals surface area contributed by atoms with Crippen molar-refractivity contribution in [1.29, 1.82) is 0 Å². The predicted octanol–water partition coefficient (Wildman–Crippen LogP) is 3.66. The van der Waals surface area contributed by atoms with Crippen LogP contribution >= 0.6 is 15.9 Å². The second-order valence-electron chi connectivity index (χ2n) is 4.78. The molecule has 0 saturated heterocycles. The number of hydrogen-bond donors (Lipinski definition) is 1. The smallest absolute Gasteiger partial charge is 0.227 e. The second kappa shape index (κ2) is 4.86. The van der Waals surface area contributed by atoms with Crippen LogP contribution in [0.5, 0.6) is 0 Å². The summed E-state index contributed by atoms with van der Waals surface area (Å²) in [5.41, 5.74) is 3.18. The highest BCUT2D eigenvalue weighted by atomic mass is 79.9. The number of aryl methyl sites for hydroxylation is 1. The Morgan fingerprint density at radius 3 is 3.00 bits per heavy atom. The molecule has 1 aromatic heterocycles. The maximum Gasteiger partial charge on any atom is 0.227 e. The van der Waals surface area contributed by atoms with Crippen molar-refractivity contribution in [3.05, 3.63) is 40.2 Å². The van der Waals surface area contributed by atoms with Gasteiger partial charge in [-0.1, -0.05) is 6.07 Å². The van der Waals surface area contributed by atoms with E-state index in [1.165, 1.54) is 18.4 Å². The van der Waals surface area contributed by atoms with E-state index in [0.29, 0.717) is 11.9 Å². The highest BCUT2D eigenvalue weighted by molar-refractivity contribution is 9.10. The Hall–Kier alpha value is -1.13. The minimum absolute atomic E-state index is 0.675. The zero-order valence-corrected chi connectivity index (χ0v) is 11.8. The summed E-state index contributed by atoms with van der Waals surface area (Å²) in [6.07, 6.45) is 4.31. The minimum Gasteiger partial charge on any atom is -0.444 e. The molecule has 1 aliphatic carbocycles. The molecule has 1 N–H and O–H groups in total. The highest BCUT2D eigenvalue weighted by Gasteiger charge is 2.20. The van der Waals surface area contributed by atoms with Gasteiger partial charge in [0.25, 0.3) is 0 Å². The van der Waals surface area contributed by atoms with Crippen LogP contribution in [0.1, 0.15) is 24.1 Å². The summed E-state index contributed by atoms with van der Waals surface area (Å²) in [7, 11) is 0. The van der Waals surface area contributed by atoms with E-state index in [0.717, 1.165) is 22.3 Å². The van der Waals surface area contributed by atoms with E-state index < -0.39 is 0 Å². The molecule has 18 heavy (non-hydrogen) atoms. The lowest BCUT2D eigenvalue weighted by Crippen LogP contribution is -2.15. The molecule has 1 aromatic carbocycles. The molecule has 94 valence electrons. The molecule has 1 fully saturated rings. The van der Waals surface area contributed by atoms with Crippen LogP contribution in [0.4, 0.5) is 0 Å². The van der Waals surface area contributed by atoms with Gasteiger partial charge in [0.15, 0.2) is 0 Å². The predicted molar refractivity (Wildman–Crippen MR) is 74.2 cm³/mol. The van der Waals surface area contributed by atoms with Gasteiger partial charge in [0, 0.05) is 17.1 Å². The van der Waals surface area contributed by atoms with Crippen molar-refractivity contribution in [2.75, 3.05) is 0 Å². The Morgan fingerprint density at radius 1 is 1.44 bits per heavy atom. The Kier molecular flexibility index (Phi) is 3.22. The van der Waals surface area contributed by atoms with Crippen molar-refractivity contribution in [3.63, 3.8) is 0 Å². The van der Waals surface area contributed by atoms with Gasteiger partial charge < -0.3 is 9.73 Å². The molecule has 2 aromatic rings. The molecule has 4 heteroatoms. The number of benzene rings is 1. The number of nitrogens with one attached hydrogen (secondary N) is 1. The average Bonchev–Trinajstić information content (AvgIpc) is 3.05. The van der Waals surface area contributed by atoms with E-state index in [2.05, 4.69) is 45.3 Å². The molecular weight excluding hydrogens is 292 g/mol. The molecule has 0 amide bonds. The van der Waals surface area contributed by atoms with Gasteiger partial charge in [0.1, 0.15) is 6.26 Å². The van der Waals surface area contributed by atoms with Crippen LogP contribution in [-0.4, -0.2) is 11.0 Å². The van der Waals surface area contributed by atoms with Crippen LogP contribution in [0.25, 0.3) is 11.5 Å². The SMILES string of the molecule is Cc1ccc(-c2nc(CNC3CC3)co2)c(Br)c1. The normalized spacial score (nSPS) is 15.0. The fourth-order valence-electron chi connectivity index (χ4n) is 1.84. The number of hydrogen-bond acceptors (Lipinski definition) is 3. The number of nitrogens with zero attached hydrogens (tertiary/aromatic N) is 1. The van der Waals surface area contributed by atoms with Crippen molar-refractivity contribution in [2.24, 2.45) is 0 Å². The van der Waals surface area contributed by atoms with E-state index >= 15 is 0 Å². The first kappa shape index (κ1) is 11.9. The Labute approximate surface area is 115 Å². The second-order valence-corrected chi connectivity index (χ2v) is 5.64. The average molecular weight is 307 g/mol. The van der Waals surface area contributed by atoms with Crippen LogP contribution in [0.15, 0.2) is 33.4 Å². The van der Waals surface area contributed by atoms with Crippen molar-refractivity contribution in [1.82, 2.24) is 10.3 Å². The van der Waals surface area contributed by atoms with Crippen molar-refractivity contribution in [3.8, 4) is 11.5 Å². The monoisotopic (exact) mass is 306 g/mol. The lowest BCUT2D eigenvalue weighted by atomic mass is 10.1. The van der Waals surface area contributed by atoms with Gasteiger partial charge in [-0.15, -0.1) is 0 Å². The van der Waals surface area contributed by atoms with Gasteiger partial charge in [-0.05, 0) is 53.4 Å². The van der Waals surface area contributed by atoms with Gasteiger partial charge in [0.05, 0.1) is 11.3 Å². The molecule has 0 radical (unpaired) electrons. The third-order valence-electron chi connectivity index (χ3n) is 3.06. The highest BCUT2D eigenvalue weighted by Crippen LogP contribution is 2.28. The standard InChI is InChI=1S/C14H15BrN2O/c1-9-2-5-12(13(15)6-9)14-17-11(8-18-14)7-16-10-3-4-10/h2,5-6,8,10,16H,3-4,7H2,1H3. The first-order valence-electron chi connectivity index (χ1n) is 6.17. The maximum absolute atomic E-state index is 5.54. The third-order valence-corrected chi connectivity index (χ3v) is 3.71. The van der Waals surface area contributed by atoms with E-state index in [4.69, 9.17) is 4.42 Å². The summed E-state index contributed by atoms with van der Waals surface area (Å²) < 4.78 is 6.56. The lowest BCUT2D eigenvalue weighted by molar-refractivity contribution is 0.569. The summed E-state index contributed by atoms with van der Waals surface area (Å²) in [5, 5.41) is 3.43. The largest absolute Gasteiger partial charge is 0.444 e. The molecule has 1 saturated carbocycles. The minimum atomic E-state index is 0.675. The van der Waals surface area contributed by atoms with Crippen molar-refractivity contribution >= 4 is 15.9 Å². The molecule has 1 heterocycles. The van der Waals surface area contributed by atoms with Crippen LogP contribution < -0.4 is 5.32 Å². The molecule has 0 aliphatic heterocycles. The fourth-order valence-corrected chi connectivity index (χ4v) is 2.50. The molecular formula is C14H15BrN2O. The number of oxazole rings is 1. The molecule has 1 aliphatic rings. The van der Waals surface area contributed by atoms with E-state index in [-0.39, 0.29) is 0 Å². The Morgan fingerprint density at radius 2 is 2.28 bits per heavy atom. The Balaban J connectivity index is 1.78. The number of halogens is 1. The van der Waals surface area contributed by atoms with E-state index in [9.17, 15) is 0 Å². The van der Waals surface area contributed by atoms with Crippen LogP contribution in [0, 0.1) is 6.92 Å². The van der Waals surface area contributed by atoms with E-state index in [1.54, 1.807) is 6.26 Å². The summed E-state index contributed by atoms with van der Waals surface area (Å²) in [6.45, 7) is 2.85. The van der Waals surface area contributed by atoms with Crippen molar-refractivity contribution in [2.45, 2.75) is 32.4 Å². The fraction of sp³-hybridized carbons (Fsp3) is 0.357. The van der Waals surface area contributed by atoms with Crippen LogP contribution in [0.3, 0.4) is 0 Å². The van der Waals surface area contributed by atoms with E-state index in [1.807, 2.05) is 6.07 Å². The molecule has 0 unspecified atom stereocenters. The quantitative estimate of drug-likeness (QED) is 0.936. The molecule has 3 nitrogen and oxygen atoms in total. The zero-order chi connectivity index (χ0) is 12.5. The van der Waals surface area contributed by atoms with Gasteiger partial charge in [0.2, 0.25) is 5.89 Å². The zero-order valence-electron chi connectivity index (χ0n) is 10.2. The maximum atomic E-state index is 5.54. The van der Waals surface area contributed by atoms with Gasteiger partial charge in [-0.3, -0.25) is 0 Å². The summed E-state index contributed by atoms with van der Waals surface area (Å²) in [6, 6.07) is 6.86. The van der Waals surface area contributed by atoms with Crippen LogP contribution in [0.2, 0.25) is 0 Å². The molecule has 0 spiro atoms.